The van der Waals surface area contributed by atoms with Crippen molar-refractivity contribution >= 4 is 11.8 Å². The first kappa shape index (κ1) is 54.3. The first-order valence-corrected chi connectivity index (χ1v) is 17.7. The van der Waals surface area contributed by atoms with Crippen molar-refractivity contribution in [2.75, 3.05) is 48.6 Å². The van der Waals surface area contributed by atoms with Crippen LogP contribution in [0.3, 0.4) is 0 Å². The van der Waals surface area contributed by atoms with Gasteiger partial charge in [0.15, 0.2) is 0 Å². The molecule has 0 aromatic heterocycles. The number of nitrogens with one attached hydrogen (secondary N) is 2. The van der Waals surface area contributed by atoms with Gasteiger partial charge < -0.3 is 35.8 Å². The van der Waals surface area contributed by atoms with Crippen LogP contribution in [0, 0.1) is 11.8 Å². The Morgan fingerprint density at radius 1 is 1.06 bits per heavy atom. The van der Waals surface area contributed by atoms with Crippen molar-refractivity contribution in [1.82, 2.24) is 15.5 Å². The number of methoxy groups -OCH3 is 2. The summed E-state index contributed by atoms with van der Waals surface area (Å²) in [5, 5.41) is 12.7. The van der Waals surface area contributed by atoms with E-state index < -0.39 is 5.66 Å². The Morgan fingerprint density at radius 3 is 2.00 bits per heavy atom. The number of nitrogens with two attached hydrogens (primary N) is 1. The van der Waals surface area contributed by atoms with Gasteiger partial charge >= 0.3 is 0 Å². The normalized spacial score (nSPS) is 16.3. The molecule has 0 aliphatic carbocycles. The third-order valence-electron chi connectivity index (χ3n) is 7.41. The highest BCUT2D eigenvalue weighted by atomic mass is 16.5. The smallest absolute Gasteiger partial charge is 0.226 e. The summed E-state index contributed by atoms with van der Waals surface area (Å²) in [5.41, 5.74) is 7.10. The fourth-order valence-corrected chi connectivity index (χ4v) is 4.07. The second-order valence-electron chi connectivity index (χ2n) is 11.5. The van der Waals surface area contributed by atoms with Gasteiger partial charge in [-0.3, -0.25) is 9.59 Å². The molecule has 2 amide bonds. The number of hydrogen-bond donors (Lipinski definition) is 4. The Kier molecular flexibility index (Phi) is 46.1. The summed E-state index contributed by atoms with van der Waals surface area (Å²) < 4.78 is 9.80. The second kappa shape index (κ2) is 40.0. The lowest BCUT2D eigenvalue weighted by molar-refractivity contribution is -0.139. The van der Waals surface area contributed by atoms with Crippen molar-refractivity contribution in [3.63, 3.8) is 0 Å². The molecule has 1 saturated heterocycles. The number of carbonyl (C=O) groups is 2. The van der Waals surface area contributed by atoms with Crippen LogP contribution in [0.5, 0.6) is 0 Å². The first-order chi connectivity index (χ1) is 22.4. The predicted molar refractivity (Wildman–Crippen MR) is 204 cm³/mol. The third-order valence-corrected chi connectivity index (χ3v) is 7.41. The van der Waals surface area contributed by atoms with Crippen LogP contribution in [-0.2, 0) is 19.1 Å². The standard InChI is InChI=1S/C25H45N3O3.C5H12.C3H7N.C2H6O.C2H6.CH4O/c1-6-9-11-21(8-3)13-16-27-23(29)12-15-25(26)14-10-17-28(25)24(30)19-22(31-5)18-20(4)7-2;1-4-5(2)3;1-3-4-2;1-3-2;2*1-2/h8-9,11,20,22H,6-7,10,12-19,26H2,1-5H3,(H,27,29);5H,4H2,1-3H3;3-4H,1H2,2H3;1-2H3;1-2H3;2H,1H3/b11-9-,21-8+;;;;;. The number of carbonyl (C=O) groups excluding carboxylic acids is 2. The first-order valence-electron chi connectivity index (χ1n) is 17.7. The van der Waals surface area contributed by atoms with Crippen molar-refractivity contribution in [2.24, 2.45) is 17.6 Å². The summed E-state index contributed by atoms with van der Waals surface area (Å²) in [6.07, 6.45) is 15.7. The summed E-state index contributed by atoms with van der Waals surface area (Å²) in [6, 6.07) is 0. The Balaban J connectivity index is -0.000000307. The average molecular weight is 673 g/mol. The molecule has 0 bridgehead atoms. The van der Waals surface area contributed by atoms with E-state index in [-0.39, 0.29) is 17.9 Å². The maximum Gasteiger partial charge on any atom is 0.226 e. The molecule has 9 heteroatoms. The Hall–Kier alpha value is -2.20. The lowest BCUT2D eigenvalue weighted by Gasteiger charge is -2.36. The number of amides is 2. The van der Waals surface area contributed by atoms with Crippen LogP contribution >= 0.6 is 0 Å². The molecule has 0 radical (unpaired) electrons. The molecule has 3 atom stereocenters. The van der Waals surface area contributed by atoms with Gasteiger partial charge in [0.1, 0.15) is 0 Å². The molecular weight excluding hydrogens is 592 g/mol. The fourth-order valence-electron chi connectivity index (χ4n) is 4.07. The number of aliphatic hydroxyl groups is 1. The topological polar surface area (TPSA) is 126 Å². The van der Waals surface area contributed by atoms with Crippen molar-refractivity contribution in [3.8, 4) is 0 Å². The molecule has 1 aliphatic rings. The molecule has 1 heterocycles. The molecule has 282 valence electrons. The molecule has 0 aromatic rings. The summed E-state index contributed by atoms with van der Waals surface area (Å²) in [6.45, 7) is 23.7. The summed E-state index contributed by atoms with van der Waals surface area (Å²) in [7, 11) is 7.73. The van der Waals surface area contributed by atoms with Crippen molar-refractivity contribution in [1.29, 1.82) is 0 Å². The number of hydrogen-bond acceptors (Lipinski definition) is 7. The van der Waals surface area contributed by atoms with Crippen LogP contribution in [0.2, 0.25) is 0 Å². The minimum absolute atomic E-state index is 0.00872. The molecule has 5 N–H and O–H groups in total. The molecule has 0 spiro atoms. The van der Waals surface area contributed by atoms with E-state index in [9.17, 15) is 9.59 Å². The van der Waals surface area contributed by atoms with Crippen molar-refractivity contribution < 1.29 is 24.2 Å². The van der Waals surface area contributed by atoms with Gasteiger partial charge in [-0.25, -0.2) is 0 Å². The maximum absolute atomic E-state index is 13.0. The van der Waals surface area contributed by atoms with Gasteiger partial charge in [-0.1, -0.05) is 98.6 Å². The van der Waals surface area contributed by atoms with Gasteiger partial charge in [0.2, 0.25) is 11.8 Å². The van der Waals surface area contributed by atoms with Crippen LogP contribution in [0.4, 0.5) is 0 Å². The molecule has 1 fully saturated rings. The number of ether oxygens (including phenoxy) is 2. The number of likely N-dealkylation sites (tertiary alicyclic amines) is 1. The Bertz CT molecular complexity index is 758. The third kappa shape index (κ3) is 33.5. The lowest BCUT2D eigenvalue weighted by Crippen LogP contribution is -2.55. The number of aliphatic hydroxyl groups excluding tert-OH is 1. The van der Waals surface area contributed by atoms with Gasteiger partial charge in [0, 0.05) is 55.0 Å². The van der Waals surface area contributed by atoms with E-state index in [2.05, 4.69) is 81.7 Å². The maximum atomic E-state index is 13.0. The number of allylic oxidation sites excluding steroid dienone is 3. The van der Waals surface area contributed by atoms with Crippen molar-refractivity contribution in [3.05, 3.63) is 36.6 Å². The zero-order valence-electron chi connectivity index (χ0n) is 33.3. The molecular formula is C38H80N4O5. The highest BCUT2D eigenvalue weighted by Gasteiger charge is 2.40. The minimum Gasteiger partial charge on any atom is -0.400 e. The van der Waals surface area contributed by atoms with E-state index in [1.807, 2.05) is 27.8 Å². The molecule has 1 rings (SSSR count). The van der Waals surface area contributed by atoms with Gasteiger partial charge in [-0.15, -0.1) is 0 Å². The quantitative estimate of drug-likeness (QED) is 0.124. The number of rotatable bonds is 16. The van der Waals surface area contributed by atoms with Crippen LogP contribution in [0.1, 0.15) is 127 Å². The van der Waals surface area contributed by atoms with Crippen LogP contribution in [0.25, 0.3) is 0 Å². The van der Waals surface area contributed by atoms with Gasteiger partial charge in [0.05, 0.1) is 18.2 Å². The van der Waals surface area contributed by atoms with Crippen LogP contribution in [0.15, 0.2) is 36.6 Å². The predicted octanol–water partition coefficient (Wildman–Crippen LogP) is 7.60. The molecule has 47 heavy (non-hydrogen) atoms. The summed E-state index contributed by atoms with van der Waals surface area (Å²) >= 11 is 0. The summed E-state index contributed by atoms with van der Waals surface area (Å²) in [5.74, 6) is 1.43. The monoisotopic (exact) mass is 673 g/mol. The van der Waals surface area contributed by atoms with Crippen LogP contribution < -0.4 is 16.4 Å². The van der Waals surface area contributed by atoms with E-state index in [4.69, 9.17) is 15.6 Å². The van der Waals surface area contributed by atoms with Gasteiger partial charge in [-0.05, 0) is 63.5 Å². The zero-order valence-corrected chi connectivity index (χ0v) is 33.3. The summed E-state index contributed by atoms with van der Waals surface area (Å²) in [4.78, 5) is 27.1. The highest BCUT2D eigenvalue weighted by Crippen LogP contribution is 2.30. The molecule has 9 nitrogen and oxygen atoms in total. The Labute approximate surface area is 292 Å². The molecule has 1 aliphatic heterocycles. The largest absolute Gasteiger partial charge is 0.400 e. The lowest BCUT2D eigenvalue weighted by atomic mass is 9.97. The molecule has 0 saturated carbocycles. The molecule has 0 aromatic carbocycles. The van der Waals surface area contributed by atoms with Crippen LogP contribution in [-0.4, -0.2) is 82.2 Å². The highest BCUT2D eigenvalue weighted by molar-refractivity contribution is 5.78. The Morgan fingerprint density at radius 2 is 1.60 bits per heavy atom. The fraction of sp³-hybridized carbons (Fsp3) is 0.789. The van der Waals surface area contributed by atoms with E-state index in [0.717, 1.165) is 51.6 Å². The average Bonchev–Trinajstić information content (AvgIpc) is 3.48. The zero-order chi connectivity index (χ0) is 37.7. The van der Waals surface area contributed by atoms with E-state index in [1.165, 1.54) is 12.0 Å². The molecule has 3 unspecified atom stereocenters. The second-order valence-corrected chi connectivity index (χ2v) is 11.5. The van der Waals surface area contributed by atoms with E-state index in [0.29, 0.717) is 38.3 Å². The minimum atomic E-state index is -0.735. The van der Waals surface area contributed by atoms with E-state index >= 15 is 0 Å². The van der Waals surface area contributed by atoms with E-state index in [1.54, 1.807) is 32.4 Å². The SMILES string of the molecule is C/C=C(\C=C/CC)CCNC(=O)CCC1(N)CCCN1C(=O)CC(CC(C)CC)OC.C=CNC.CC.CCC(C)C.CO.COC. The number of nitrogens with zero attached hydrogens (tertiary/aromatic N) is 1. The van der Waals surface area contributed by atoms with Gasteiger partial charge in [0.25, 0.3) is 0 Å². The van der Waals surface area contributed by atoms with Gasteiger partial charge in [-0.2, -0.15) is 0 Å². The van der Waals surface area contributed by atoms with Crippen molar-refractivity contribution in [2.45, 2.75) is 138 Å².